The van der Waals surface area contributed by atoms with Gasteiger partial charge < -0.3 is 18.9 Å². The number of hydrogen-bond acceptors (Lipinski definition) is 6. The van der Waals surface area contributed by atoms with Gasteiger partial charge in [-0.1, -0.05) is 23.7 Å². The lowest BCUT2D eigenvalue weighted by atomic mass is 10.1. The third-order valence-electron chi connectivity index (χ3n) is 4.64. The van der Waals surface area contributed by atoms with Crippen molar-refractivity contribution in [2.45, 2.75) is 19.8 Å². The van der Waals surface area contributed by atoms with Crippen LogP contribution in [-0.4, -0.2) is 12.8 Å². The fourth-order valence-electron chi connectivity index (χ4n) is 3.38. The molecule has 1 aromatic heterocycles. The van der Waals surface area contributed by atoms with Crippen LogP contribution in [0.15, 0.2) is 42.5 Å². The maximum Gasteiger partial charge on any atom is 0.348 e. The number of carbonyl (C=O) groups is 1. The monoisotopic (exact) mass is 414 g/mol. The molecule has 7 heteroatoms. The van der Waals surface area contributed by atoms with E-state index >= 15 is 0 Å². The van der Waals surface area contributed by atoms with E-state index in [0.29, 0.717) is 28.9 Å². The molecule has 2 aromatic carbocycles. The Morgan fingerprint density at radius 3 is 2.93 bits per heavy atom. The number of halogens is 1. The van der Waals surface area contributed by atoms with Crippen molar-refractivity contribution in [1.29, 1.82) is 0 Å². The van der Waals surface area contributed by atoms with Gasteiger partial charge in [0, 0.05) is 32.2 Å². The Bertz CT molecular complexity index is 1070. The molecule has 0 unspecified atom stereocenters. The van der Waals surface area contributed by atoms with Crippen LogP contribution >= 0.6 is 22.9 Å². The molecule has 5 nitrogen and oxygen atoms in total. The maximum atomic E-state index is 12.6. The maximum absolute atomic E-state index is 12.6. The lowest BCUT2D eigenvalue weighted by Crippen LogP contribution is -2.14. The SMILES string of the molecule is O=C(OCc1cc(Cl)cc2c1OCOC2)c1cc2c(s1)-c1ccccc1OC2. The minimum absolute atomic E-state index is 0.0807. The summed E-state index contributed by atoms with van der Waals surface area (Å²) >= 11 is 7.59. The molecule has 2 aliphatic heterocycles. The fraction of sp³-hybridized carbons (Fsp3) is 0.190. The number of rotatable bonds is 3. The van der Waals surface area contributed by atoms with Crippen LogP contribution in [0.2, 0.25) is 5.02 Å². The zero-order chi connectivity index (χ0) is 19.1. The zero-order valence-electron chi connectivity index (χ0n) is 14.7. The first-order valence-electron chi connectivity index (χ1n) is 8.73. The van der Waals surface area contributed by atoms with Gasteiger partial charge in [-0.05, 0) is 30.3 Å². The van der Waals surface area contributed by atoms with E-state index in [9.17, 15) is 4.79 Å². The van der Waals surface area contributed by atoms with Gasteiger partial charge in [0.05, 0.1) is 6.61 Å². The number of benzene rings is 2. The Hall–Kier alpha value is -2.54. The van der Waals surface area contributed by atoms with Crippen molar-refractivity contribution in [3.63, 3.8) is 0 Å². The lowest BCUT2D eigenvalue weighted by Gasteiger charge is -2.21. The number of esters is 1. The molecule has 0 fully saturated rings. The molecule has 28 heavy (non-hydrogen) atoms. The van der Waals surface area contributed by atoms with Crippen molar-refractivity contribution in [2.24, 2.45) is 0 Å². The van der Waals surface area contributed by atoms with Crippen LogP contribution in [-0.2, 0) is 29.3 Å². The molecule has 0 atom stereocenters. The minimum Gasteiger partial charge on any atom is -0.488 e. The van der Waals surface area contributed by atoms with E-state index in [-0.39, 0.29) is 19.4 Å². The van der Waals surface area contributed by atoms with E-state index in [4.69, 9.17) is 30.5 Å². The predicted octanol–water partition coefficient (Wildman–Crippen LogP) is 5.18. The Balaban J connectivity index is 1.37. The van der Waals surface area contributed by atoms with Crippen molar-refractivity contribution >= 4 is 28.9 Å². The summed E-state index contributed by atoms with van der Waals surface area (Å²) in [5, 5.41) is 0.555. The molecule has 142 valence electrons. The summed E-state index contributed by atoms with van der Waals surface area (Å²) < 4.78 is 22.2. The third-order valence-corrected chi connectivity index (χ3v) is 6.04. The van der Waals surface area contributed by atoms with Gasteiger partial charge in [-0.15, -0.1) is 11.3 Å². The van der Waals surface area contributed by atoms with E-state index in [1.54, 1.807) is 12.1 Å². The quantitative estimate of drug-likeness (QED) is 0.552. The summed E-state index contributed by atoms with van der Waals surface area (Å²) in [5.74, 6) is 1.13. The molecule has 0 amide bonds. The molecule has 0 N–H and O–H groups in total. The minimum atomic E-state index is -0.377. The van der Waals surface area contributed by atoms with Gasteiger partial charge in [0.15, 0.2) is 6.79 Å². The van der Waals surface area contributed by atoms with Crippen LogP contribution in [0.5, 0.6) is 11.5 Å². The normalized spacial score (nSPS) is 14.2. The standard InChI is InChI=1S/C21H15ClO5S/c22-15-5-12-8-24-11-27-19(12)13(6-15)9-26-21(23)18-7-14-10-25-17-4-2-1-3-16(17)20(14)28-18/h1-7H,8-11H2. The molecule has 5 rings (SSSR count). The molecule has 3 heterocycles. The van der Waals surface area contributed by atoms with Crippen molar-refractivity contribution in [2.75, 3.05) is 6.79 Å². The first-order chi connectivity index (χ1) is 13.7. The van der Waals surface area contributed by atoms with Crippen molar-refractivity contribution < 1.29 is 23.7 Å². The smallest absolute Gasteiger partial charge is 0.348 e. The largest absolute Gasteiger partial charge is 0.488 e. The van der Waals surface area contributed by atoms with E-state index in [1.807, 2.05) is 30.3 Å². The van der Waals surface area contributed by atoms with E-state index in [0.717, 1.165) is 32.9 Å². The highest BCUT2D eigenvalue weighted by Gasteiger charge is 2.24. The molecule has 0 aliphatic carbocycles. The van der Waals surface area contributed by atoms with Gasteiger partial charge in [-0.25, -0.2) is 4.79 Å². The summed E-state index contributed by atoms with van der Waals surface area (Å²) in [6.45, 7) is 1.13. The average molecular weight is 415 g/mol. The van der Waals surface area contributed by atoms with Gasteiger partial charge >= 0.3 is 5.97 Å². The van der Waals surface area contributed by atoms with Crippen LogP contribution in [0, 0.1) is 0 Å². The van der Waals surface area contributed by atoms with Crippen LogP contribution in [0.4, 0.5) is 0 Å². The number of para-hydroxylation sites is 1. The number of hydrogen-bond donors (Lipinski definition) is 0. The summed E-state index contributed by atoms with van der Waals surface area (Å²) in [6, 6.07) is 13.2. The number of fused-ring (bicyclic) bond motifs is 4. The highest BCUT2D eigenvalue weighted by atomic mass is 35.5. The van der Waals surface area contributed by atoms with Crippen LogP contribution in [0.25, 0.3) is 10.4 Å². The molecular formula is C21H15ClO5S. The Morgan fingerprint density at radius 1 is 1.11 bits per heavy atom. The first-order valence-corrected chi connectivity index (χ1v) is 9.92. The van der Waals surface area contributed by atoms with E-state index in [2.05, 4.69) is 0 Å². The van der Waals surface area contributed by atoms with Crippen molar-refractivity contribution in [1.82, 2.24) is 0 Å². The molecular weight excluding hydrogens is 400 g/mol. The van der Waals surface area contributed by atoms with Gasteiger partial charge in [0.1, 0.15) is 29.6 Å². The molecule has 0 spiro atoms. The van der Waals surface area contributed by atoms with Gasteiger partial charge in [-0.2, -0.15) is 0 Å². The van der Waals surface area contributed by atoms with Gasteiger partial charge in [0.25, 0.3) is 0 Å². The topological polar surface area (TPSA) is 54.0 Å². The number of ether oxygens (including phenoxy) is 4. The molecule has 2 aliphatic rings. The predicted molar refractivity (Wildman–Crippen MR) is 105 cm³/mol. The first kappa shape index (κ1) is 17.6. The highest BCUT2D eigenvalue weighted by molar-refractivity contribution is 7.17. The highest BCUT2D eigenvalue weighted by Crippen LogP contribution is 2.42. The molecule has 3 aromatic rings. The third kappa shape index (κ3) is 3.13. The van der Waals surface area contributed by atoms with Crippen molar-refractivity contribution in [3.05, 3.63) is 69.1 Å². The summed E-state index contributed by atoms with van der Waals surface area (Å²) in [7, 11) is 0. The number of carbonyl (C=O) groups excluding carboxylic acids is 1. The molecule has 0 bridgehead atoms. The summed E-state index contributed by atoms with van der Waals surface area (Å²) in [6.07, 6.45) is 0. The Kier molecular flexibility index (Phi) is 4.47. The molecule has 0 radical (unpaired) electrons. The summed E-state index contributed by atoms with van der Waals surface area (Å²) in [5.41, 5.74) is 3.58. The zero-order valence-corrected chi connectivity index (χ0v) is 16.3. The van der Waals surface area contributed by atoms with Crippen LogP contribution in [0.1, 0.15) is 26.4 Å². The van der Waals surface area contributed by atoms with Gasteiger partial charge in [0.2, 0.25) is 0 Å². The Labute approximate surface area is 170 Å². The molecule has 0 saturated heterocycles. The van der Waals surface area contributed by atoms with Crippen molar-refractivity contribution in [3.8, 4) is 21.9 Å². The lowest BCUT2D eigenvalue weighted by molar-refractivity contribution is -0.0180. The average Bonchev–Trinajstić information content (AvgIpc) is 3.16. The van der Waals surface area contributed by atoms with E-state index in [1.165, 1.54) is 11.3 Å². The van der Waals surface area contributed by atoms with Gasteiger partial charge in [-0.3, -0.25) is 0 Å². The Morgan fingerprint density at radius 2 is 2.00 bits per heavy atom. The second-order valence-electron chi connectivity index (χ2n) is 6.49. The second-order valence-corrected chi connectivity index (χ2v) is 7.98. The molecule has 0 saturated carbocycles. The van der Waals surface area contributed by atoms with E-state index < -0.39 is 0 Å². The fourth-order valence-corrected chi connectivity index (χ4v) is 4.73. The summed E-state index contributed by atoms with van der Waals surface area (Å²) in [4.78, 5) is 14.2. The second kappa shape index (κ2) is 7.13. The number of thiophene rings is 1. The van der Waals surface area contributed by atoms with Crippen LogP contribution in [0.3, 0.4) is 0 Å². The van der Waals surface area contributed by atoms with Crippen LogP contribution < -0.4 is 9.47 Å².